The van der Waals surface area contributed by atoms with Crippen LogP contribution < -0.4 is 0 Å². The van der Waals surface area contributed by atoms with E-state index in [9.17, 15) is 0 Å². The lowest BCUT2D eigenvalue weighted by Gasteiger charge is -1.99. The molecule has 0 saturated carbocycles. The Morgan fingerprint density at radius 1 is 1.44 bits per heavy atom. The lowest BCUT2D eigenvalue weighted by Crippen LogP contribution is -1.98. The lowest BCUT2D eigenvalue weighted by atomic mass is 10.2. The molecule has 16 heavy (non-hydrogen) atoms. The summed E-state index contributed by atoms with van der Waals surface area (Å²) in [4.78, 5) is 7.79. The highest BCUT2D eigenvalue weighted by atomic mass is 32.1. The Hall–Kier alpha value is -1.42. The van der Waals surface area contributed by atoms with E-state index in [4.69, 9.17) is 17.0 Å². The number of fused-ring (bicyclic) bond motifs is 1. The first-order valence-electron chi connectivity index (χ1n) is 5.30. The van der Waals surface area contributed by atoms with Crippen LogP contribution in [0.15, 0.2) is 24.3 Å². The Labute approximate surface area is 99.8 Å². The van der Waals surface area contributed by atoms with Crippen molar-refractivity contribution in [2.45, 2.75) is 19.3 Å². The summed E-state index contributed by atoms with van der Waals surface area (Å²) in [6, 6.07) is 8.04. The molecule has 0 fully saturated rings. The number of aromatic amines is 1. The van der Waals surface area contributed by atoms with Crippen molar-refractivity contribution in [2.75, 3.05) is 7.11 Å². The quantitative estimate of drug-likeness (QED) is 0.827. The second-order valence-corrected chi connectivity index (χ2v) is 4.09. The third kappa shape index (κ3) is 2.58. The second kappa shape index (κ2) is 5.07. The zero-order valence-corrected chi connectivity index (χ0v) is 10.0. The zero-order valence-electron chi connectivity index (χ0n) is 9.19. The molecule has 0 spiro atoms. The van der Waals surface area contributed by atoms with Gasteiger partial charge in [0.2, 0.25) is 0 Å². The Bertz CT molecular complexity index is 459. The summed E-state index contributed by atoms with van der Waals surface area (Å²) in [5.74, 6) is 1.01. The average Bonchev–Trinajstić information content (AvgIpc) is 2.71. The predicted molar refractivity (Wildman–Crippen MR) is 68.6 cm³/mol. The monoisotopic (exact) mass is 234 g/mol. The van der Waals surface area contributed by atoms with Crippen LogP contribution in [0.5, 0.6) is 0 Å². The molecule has 0 radical (unpaired) electrons. The van der Waals surface area contributed by atoms with Gasteiger partial charge in [-0.3, -0.25) is 0 Å². The number of aryl methyl sites for hydroxylation is 1. The molecular formula is C12H14N2OS. The number of nitrogens with zero attached hydrogens (tertiary/aromatic N) is 1. The molecule has 2 aromatic rings. The van der Waals surface area contributed by atoms with E-state index in [1.165, 1.54) is 0 Å². The minimum atomic E-state index is 0.663. The van der Waals surface area contributed by atoms with Gasteiger partial charge in [-0.25, -0.2) is 4.98 Å². The minimum absolute atomic E-state index is 0.663. The van der Waals surface area contributed by atoms with Crippen molar-refractivity contribution < 1.29 is 4.74 Å². The number of hydrogen-bond acceptors (Lipinski definition) is 3. The third-order valence-electron chi connectivity index (χ3n) is 2.46. The van der Waals surface area contributed by atoms with Crippen LogP contribution in [0, 0.1) is 0 Å². The summed E-state index contributed by atoms with van der Waals surface area (Å²) < 4.78 is 4.95. The molecule has 0 unspecified atom stereocenters. The molecule has 0 bridgehead atoms. The lowest BCUT2D eigenvalue weighted by molar-refractivity contribution is 0.400. The van der Waals surface area contributed by atoms with Gasteiger partial charge in [0.15, 0.2) is 5.05 Å². The Balaban J connectivity index is 1.97. The van der Waals surface area contributed by atoms with Gasteiger partial charge >= 0.3 is 0 Å². The maximum Gasteiger partial charge on any atom is 0.159 e. The van der Waals surface area contributed by atoms with Gasteiger partial charge in [-0.05, 0) is 30.8 Å². The Kier molecular flexibility index (Phi) is 3.51. The van der Waals surface area contributed by atoms with Crippen LogP contribution in [0.25, 0.3) is 11.0 Å². The molecule has 2 rings (SSSR count). The summed E-state index contributed by atoms with van der Waals surface area (Å²) >= 11 is 4.98. The normalized spacial score (nSPS) is 10.6. The van der Waals surface area contributed by atoms with Crippen molar-refractivity contribution in [3.63, 3.8) is 0 Å². The van der Waals surface area contributed by atoms with E-state index in [1.54, 1.807) is 7.11 Å². The molecule has 3 nitrogen and oxygen atoms in total. The van der Waals surface area contributed by atoms with Gasteiger partial charge in [-0.15, -0.1) is 0 Å². The van der Waals surface area contributed by atoms with Crippen molar-refractivity contribution in [1.29, 1.82) is 0 Å². The van der Waals surface area contributed by atoms with Crippen LogP contribution in [-0.2, 0) is 11.2 Å². The van der Waals surface area contributed by atoms with E-state index < -0.39 is 0 Å². The molecule has 0 aliphatic rings. The van der Waals surface area contributed by atoms with E-state index in [1.807, 2.05) is 24.3 Å². The number of hydrogen-bond donors (Lipinski definition) is 1. The highest BCUT2D eigenvalue weighted by molar-refractivity contribution is 7.80. The first-order chi connectivity index (χ1) is 7.79. The number of ether oxygens (including phenoxy) is 1. The molecule has 4 heteroatoms. The van der Waals surface area contributed by atoms with Gasteiger partial charge in [0, 0.05) is 12.8 Å². The molecule has 0 atom stereocenters. The van der Waals surface area contributed by atoms with E-state index in [0.717, 1.165) is 36.1 Å². The number of aromatic nitrogens is 2. The van der Waals surface area contributed by atoms with Crippen LogP contribution in [0.3, 0.4) is 0 Å². The van der Waals surface area contributed by atoms with E-state index >= 15 is 0 Å². The van der Waals surface area contributed by atoms with Crippen LogP contribution in [0.4, 0.5) is 0 Å². The SMILES string of the molecule is COC(=S)CCCc1nc2ccccc2[nH]1. The van der Waals surface area contributed by atoms with Crippen LogP contribution in [0.2, 0.25) is 0 Å². The van der Waals surface area contributed by atoms with Gasteiger partial charge in [0.25, 0.3) is 0 Å². The van der Waals surface area contributed by atoms with Gasteiger partial charge in [-0.2, -0.15) is 0 Å². The second-order valence-electron chi connectivity index (χ2n) is 3.63. The Morgan fingerprint density at radius 3 is 3.00 bits per heavy atom. The first kappa shape index (κ1) is 11.1. The van der Waals surface area contributed by atoms with Crippen LogP contribution in [-0.4, -0.2) is 22.1 Å². The van der Waals surface area contributed by atoms with Crippen LogP contribution >= 0.6 is 12.2 Å². The molecular weight excluding hydrogens is 220 g/mol. The number of methoxy groups -OCH3 is 1. The Morgan fingerprint density at radius 2 is 2.25 bits per heavy atom. The van der Waals surface area contributed by atoms with Gasteiger partial charge in [0.1, 0.15) is 5.82 Å². The summed E-state index contributed by atoms with van der Waals surface area (Å²) in [5, 5.41) is 0.663. The topological polar surface area (TPSA) is 37.9 Å². The molecule has 0 aliphatic heterocycles. The fraction of sp³-hybridized carbons (Fsp3) is 0.333. The van der Waals surface area contributed by atoms with E-state index in [-0.39, 0.29) is 0 Å². The molecule has 1 N–H and O–H groups in total. The van der Waals surface area contributed by atoms with Crippen LogP contribution in [0.1, 0.15) is 18.7 Å². The largest absolute Gasteiger partial charge is 0.490 e. The average molecular weight is 234 g/mol. The summed E-state index contributed by atoms with van der Waals surface area (Å²) in [6.07, 6.45) is 2.67. The number of H-pyrrole nitrogens is 1. The molecule has 1 aromatic heterocycles. The first-order valence-corrected chi connectivity index (χ1v) is 5.71. The number of rotatable bonds is 4. The van der Waals surface area contributed by atoms with Gasteiger partial charge in [-0.1, -0.05) is 12.1 Å². The van der Waals surface area contributed by atoms with Gasteiger partial charge in [0.05, 0.1) is 18.1 Å². The third-order valence-corrected chi connectivity index (χ3v) is 2.83. The number of imidazole rings is 1. The molecule has 0 saturated heterocycles. The molecule has 0 amide bonds. The van der Waals surface area contributed by atoms with E-state index in [2.05, 4.69) is 9.97 Å². The molecule has 1 aromatic carbocycles. The van der Waals surface area contributed by atoms with E-state index in [0.29, 0.717) is 5.05 Å². The van der Waals surface area contributed by atoms with Crippen molar-refractivity contribution >= 4 is 28.3 Å². The van der Waals surface area contributed by atoms with Crippen molar-refractivity contribution in [2.24, 2.45) is 0 Å². The summed E-state index contributed by atoms with van der Waals surface area (Å²) in [6.45, 7) is 0. The summed E-state index contributed by atoms with van der Waals surface area (Å²) in [7, 11) is 1.61. The fourth-order valence-corrected chi connectivity index (χ4v) is 1.77. The highest BCUT2D eigenvalue weighted by Gasteiger charge is 2.02. The van der Waals surface area contributed by atoms with Crippen molar-refractivity contribution in [1.82, 2.24) is 9.97 Å². The minimum Gasteiger partial charge on any atom is -0.490 e. The van der Waals surface area contributed by atoms with Gasteiger partial charge < -0.3 is 9.72 Å². The number of nitrogens with one attached hydrogen (secondary N) is 1. The number of benzene rings is 1. The van der Waals surface area contributed by atoms with Crippen molar-refractivity contribution in [3.8, 4) is 0 Å². The fourth-order valence-electron chi connectivity index (χ4n) is 1.63. The highest BCUT2D eigenvalue weighted by Crippen LogP contribution is 2.12. The molecule has 84 valence electrons. The smallest absolute Gasteiger partial charge is 0.159 e. The van der Waals surface area contributed by atoms with Crippen molar-refractivity contribution in [3.05, 3.63) is 30.1 Å². The number of thiocarbonyl (C=S) groups is 1. The maximum absolute atomic E-state index is 4.98. The maximum atomic E-state index is 4.98. The standard InChI is InChI=1S/C12H14N2OS/c1-15-12(16)8-4-7-11-13-9-5-2-3-6-10(9)14-11/h2-3,5-6H,4,7-8H2,1H3,(H,13,14). The summed E-state index contributed by atoms with van der Waals surface area (Å²) in [5.41, 5.74) is 2.11. The predicted octanol–water partition coefficient (Wildman–Crippen LogP) is 2.86. The number of para-hydroxylation sites is 2. The molecule has 1 heterocycles. The molecule has 0 aliphatic carbocycles. The zero-order chi connectivity index (χ0) is 11.4.